The zero-order valence-corrected chi connectivity index (χ0v) is 14.9. The lowest BCUT2D eigenvalue weighted by Gasteiger charge is -2.33. The van der Waals surface area contributed by atoms with E-state index in [0.29, 0.717) is 28.9 Å². The number of benzene rings is 3. The Labute approximate surface area is 161 Å². The number of hydrogen-bond donors (Lipinski definition) is 5. The highest BCUT2D eigenvalue weighted by Gasteiger charge is 2.34. The molecule has 3 aromatic carbocycles. The number of aliphatic hydroxyl groups is 1. The van der Waals surface area contributed by atoms with Crippen molar-refractivity contribution >= 4 is 0 Å². The van der Waals surface area contributed by atoms with Gasteiger partial charge in [0.2, 0.25) is 0 Å². The summed E-state index contributed by atoms with van der Waals surface area (Å²) < 4.78 is 6.03. The lowest BCUT2D eigenvalue weighted by Crippen LogP contribution is -2.31. The molecule has 0 saturated heterocycles. The molecule has 0 aliphatic carbocycles. The van der Waals surface area contributed by atoms with Crippen molar-refractivity contribution in [2.75, 3.05) is 0 Å². The molecule has 0 aromatic heterocycles. The fraction of sp³-hybridized carbons (Fsp3) is 0.182. The second kappa shape index (κ2) is 6.98. The summed E-state index contributed by atoms with van der Waals surface area (Å²) in [5.74, 6) is -0.500. The van der Waals surface area contributed by atoms with Crippen molar-refractivity contribution in [2.45, 2.75) is 25.0 Å². The summed E-state index contributed by atoms with van der Waals surface area (Å²) >= 11 is 0. The number of aromatic hydroxyl groups is 4. The second-order valence-corrected chi connectivity index (χ2v) is 6.92. The van der Waals surface area contributed by atoms with E-state index in [0.717, 1.165) is 5.56 Å². The van der Waals surface area contributed by atoms with Crippen LogP contribution in [0.3, 0.4) is 0 Å². The Morgan fingerprint density at radius 3 is 2.29 bits per heavy atom. The van der Waals surface area contributed by atoms with E-state index in [9.17, 15) is 25.5 Å². The quantitative estimate of drug-likeness (QED) is 0.447. The summed E-state index contributed by atoms with van der Waals surface area (Å²) in [7, 11) is 0. The van der Waals surface area contributed by atoms with Crippen LogP contribution in [-0.4, -0.2) is 31.6 Å². The average molecular weight is 380 g/mol. The van der Waals surface area contributed by atoms with Gasteiger partial charge in [-0.05, 0) is 23.3 Å². The summed E-state index contributed by atoms with van der Waals surface area (Å²) in [5, 5.41) is 50.6. The molecule has 1 aliphatic heterocycles. The van der Waals surface area contributed by atoms with Crippen LogP contribution in [0.25, 0.3) is 0 Å². The van der Waals surface area contributed by atoms with Gasteiger partial charge in [-0.15, -0.1) is 0 Å². The Morgan fingerprint density at radius 2 is 1.57 bits per heavy atom. The zero-order valence-electron chi connectivity index (χ0n) is 14.9. The van der Waals surface area contributed by atoms with E-state index in [2.05, 4.69) is 0 Å². The van der Waals surface area contributed by atoms with Crippen LogP contribution in [0.1, 0.15) is 28.4 Å². The molecule has 4 rings (SSSR count). The van der Waals surface area contributed by atoms with Gasteiger partial charge in [0.15, 0.2) is 11.5 Å². The average Bonchev–Trinajstić information content (AvgIpc) is 2.68. The normalized spacial score (nSPS) is 18.3. The van der Waals surface area contributed by atoms with Crippen molar-refractivity contribution in [2.24, 2.45) is 0 Å². The van der Waals surface area contributed by atoms with Gasteiger partial charge in [-0.1, -0.05) is 36.4 Å². The predicted molar refractivity (Wildman–Crippen MR) is 102 cm³/mol. The smallest absolute Gasteiger partial charge is 0.157 e. The van der Waals surface area contributed by atoms with E-state index in [1.807, 2.05) is 30.3 Å². The van der Waals surface area contributed by atoms with Crippen LogP contribution in [0.2, 0.25) is 0 Å². The molecule has 0 amide bonds. The molecule has 1 aliphatic rings. The zero-order chi connectivity index (χ0) is 19.8. The SMILES string of the molecule is Oc1ccc([C@@H]2Oc3c(Cc4ccccc4)c(O)cc(O)c3C[C@H]2O)cc1O. The molecule has 2 atom stereocenters. The van der Waals surface area contributed by atoms with Crippen molar-refractivity contribution in [3.8, 4) is 28.7 Å². The first-order valence-electron chi connectivity index (χ1n) is 8.91. The molecule has 28 heavy (non-hydrogen) atoms. The molecular weight excluding hydrogens is 360 g/mol. The molecule has 0 bridgehead atoms. The second-order valence-electron chi connectivity index (χ2n) is 6.92. The number of rotatable bonds is 3. The monoisotopic (exact) mass is 380 g/mol. The summed E-state index contributed by atoms with van der Waals surface area (Å²) in [6.07, 6.45) is -1.29. The Balaban J connectivity index is 1.77. The minimum Gasteiger partial charge on any atom is -0.507 e. The maximum absolute atomic E-state index is 10.6. The first-order valence-corrected chi connectivity index (χ1v) is 8.91. The van der Waals surface area contributed by atoms with Crippen molar-refractivity contribution in [1.29, 1.82) is 0 Å². The molecule has 0 fully saturated rings. The van der Waals surface area contributed by atoms with Crippen LogP contribution >= 0.6 is 0 Å². The van der Waals surface area contributed by atoms with Crippen molar-refractivity contribution in [3.63, 3.8) is 0 Å². The standard InChI is InChI=1S/C22H20O6/c23-16-7-6-13(9-19(16)26)21-20(27)10-15-18(25)11-17(24)14(22(15)28-21)8-12-4-2-1-3-5-12/h1-7,9,11,20-21,23-27H,8,10H2/t20-,21+/m1/s1. The van der Waals surface area contributed by atoms with E-state index in [4.69, 9.17) is 4.74 Å². The number of phenols is 4. The highest BCUT2D eigenvalue weighted by molar-refractivity contribution is 5.59. The van der Waals surface area contributed by atoms with Gasteiger partial charge in [0.25, 0.3) is 0 Å². The number of phenolic OH excluding ortho intramolecular Hbond substituents is 4. The lowest BCUT2D eigenvalue weighted by molar-refractivity contribution is 0.0190. The van der Waals surface area contributed by atoms with E-state index in [1.54, 1.807) is 6.07 Å². The van der Waals surface area contributed by atoms with Crippen LogP contribution in [0.5, 0.6) is 28.7 Å². The van der Waals surface area contributed by atoms with E-state index in [-0.39, 0.29) is 29.4 Å². The van der Waals surface area contributed by atoms with Crippen LogP contribution in [0.15, 0.2) is 54.6 Å². The fourth-order valence-corrected chi connectivity index (χ4v) is 3.56. The fourth-order valence-electron chi connectivity index (χ4n) is 3.56. The third kappa shape index (κ3) is 3.18. The molecule has 0 spiro atoms. The van der Waals surface area contributed by atoms with Crippen LogP contribution in [0.4, 0.5) is 0 Å². The minimum atomic E-state index is -0.975. The Morgan fingerprint density at radius 1 is 0.821 bits per heavy atom. The molecule has 144 valence electrons. The number of aliphatic hydroxyl groups excluding tert-OH is 1. The molecule has 0 unspecified atom stereocenters. The molecule has 3 aromatic rings. The topological polar surface area (TPSA) is 110 Å². The van der Waals surface area contributed by atoms with Gasteiger partial charge in [0.1, 0.15) is 23.4 Å². The van der Waals surface area contributed by atoms with E-state index in [1.165, 1.54) is 18.2 Å². The summed E-state index contributed by atoms with van der Waals surface area (Å²) in [4.78, 5) is 0. The largest absolute Gasteiger partial charge is 0.507 e. The lowest BCUT2D eigenvalue weighted by atomic mass is 9.90. The van der Waals surface area contributed by atoms with Gasteiger partial charge >= 0.3 is 0 Å². The van der Waals surface area contributed by atoms with Crippen molar-refractivity contribution in [1.82, 2.24) is 0 Å². The Hall–Kier alpha value is -3.38. The van der Waals surface area contributed by atoms with Gasteiger partial charge in [0.05, 0.1) is 6.10 Å². The number of fused-ring (bicyclic) bond motifs is 1. The third-order valence-corrected chi connectivity index (χ3v) is 5.00. The summed E-state index contributed by atoms with van der Waals surface area (Å²) in [6, 6.07) is 15.0. The van der Waals surface area contributed by atoms with Gasteiger partial charge in [-0.25, -0.2) is 0 Å². The van der Waals surface area contributed by atoms with Gasteiger partial charge in [-0.3, -0.25) is 0 Å². The molecular formula is C22H20O6. The maximum atomic E-state index is 10.6. The first-order chi connectivity index (χ1) is 13.4. The predicted octanol–water partition coefficient (Wildman–Crippen LogP) is 3.14. The van der Waals surface area contributed by atoms with Crippen molar-refractivity contribution < 1.29 is 30.3 Å². The number of hydrogen-bond acceptors (Lipinski definition) is 6. The van der Waals surface area contributed by atoms with Gasteiger partial charge < -0.3 is 30.3 Å². The molecule has 6 heteroatoms. The van der Waals surface area contributed by atoms with Gasteiger partial charge in [-0.2, -0.15) is 0 Å². The molecule has 5 N–H and O–H groups in total. The van der Waals surface area contributed by atoms with Gasteiger partial charge in [0, 0.05) is 30.0 Å². The Kier molecular flexibility index (Phi) is 4.49. The van der Waals surface area contributed by atoms with E-state index < -0.39 is 12.2 Å². The van der Waals surface area contributed by atoms with Crippen molar-refractivity contribution in [3.05, 3.63) is 76.9 Å². The summed E-state index contributed by atoms with van der Waals surface area (Å²) in [6.45, 7) is 0. The van der Waals surface area contributed by atoms with Crippen LogP contribution in [-0.2, 0) is 12.8 Å². The number of ether oxygens (including phenoxy) is 1. The maximum Gasteiger partial charge on any atom is 0.157 e. The summed E-state index contributed by atoms with van der Waals surface area (Å²) in [5.41, 5.74) is 2.37. The molecule has 6 nitrogen and oxygen atoms in total. The molecule has 1 heterocycles. The highest BCUT2D eigenvalue weighted by atomic mass is 16.5. The Bertz CT molecular complexity index is 1020. The molecule has 0 saturated carbocycles. The minimum absolute atomic E-state index is 0.0937. The first kappa shape index (κ1) is 18.0. The highest BCUT2D eigenvalue weighted by Crippen LogP contribution is 2.46. The van der Waals surface area contributed by atoms with E-state index >= 15 is 0 Å². The molecule has 0 radical (unpaired) electrons. The third-order valence-electron chi connectivity index (χ3n) is 5.00. The van der Waals surface area contributed by atoms with Crippen LogP contribution in [0, 0.1) is 0 Å². The van der Waals surface area contributed by atoms with Crippen LogP contribution < -0.4 is 4.74 Å².